The van der Waals surface area contributed by atoms with Gasteiger partial charge in [-0.3, -0.25) is 0 Å². The fourth-order valence-electron chi connectivity index (χ4n) is 1.42. The molecular formula is C12H12N2OS. The van der Waals surface area contributed by atoms with E-state index >= 15 is 0 Å². The maximum atomic E-state index is 8.70. The second-order valence-corrected chi connectivity index (χ2v) is 4.53. The maximum Gasteiger partial charge on any atom is 0.120 e. The zero-order valence-corrected chi connectivity index (χ0v) is 9.75. The monoisotopic (exact) mass is 232 g/mol. The van der Waals surface area contributed by atoms with Crippen molar-refractivity contribution in [1.82, 2.24) is 5.32 Å². The molecule has 0 unspecified atom stereocenters. The average molecular weight is 232 g/mol. The van der Waals surface area contributed by atoms with Crippen molar-refractivity contribution in [2.24, 2.45) is 0 Å². The van der Waals surface area contributed by atoms with Crippen LogP contribution < -0.4 is 5.32 Å². The second-order valence-electron chi connectivity index (χ2n) is 3.53. The van der Waals surface area contributed by atoms with Crippen LogP contribution in [0.2, 0.25) is 0 Å². The second kappa shape index (κ2) is 4.97. The van der Waals surface area contributed by atoms with Crippen LogP contribution in [0, 0.1) is 11.3 Å². The van der Waals surface area contributed by atoms with Crippen molar-refractivity contribution in [3.8, 4) is 6.07 Å². The highest BCUT2D eigenvalue weighted by Crippen LogP contribution is 2.17. The number of hydrogen-bond donors (Lipinski definition) is 1. The molecule has 0 aliphatic heterocycles. The zero-order valence-electron chi connectivity index (χ0n) is 8.93. The van der Waals surface area contributed by atoms with Gasteiger partial charge in [0.1, 0.15) is 11.8 Å². The molecule has 0 saturated heterocycles. The van der Waals surface area contributed by atoms with Gasteiger partial charge in [-0.1, -0.05) is 0 Å². The molecule has 1 atom stereocenters. The Bertz CT molecular complexity index is 481. The Morgan fingerprint density at radius 2 is 2.50 bits per heavy atom. The fraction of sp³-hybridized carbons (Fsp3) is 0.250. The lowest BCUT2D eigenvalue weighted by molar-refractivity contribution is 0.431. The Labute approximate surface area is 98.3 Å². The van der Waals surface area contributed by atoms with Crippen molar-refractivity contribution in [3.63, 3.8) is 0 Å². The van der Waals surface area contributed by atoms with Crippen molar-refractivity contribution in [3.05, 3.63) is 46.0 Å². The van der Waals surface area contributed by atoms with Crippen LogP contribution >= 0.6 is 11.3 Å². The molecule has 2 aromatic heterocycles. The largest absolute Gasteiger partial charge is 0.468 e. The summed E-state index contributed by atoms with van der Waals surface area (Å²) in [4.78, 5) is 1.16. The van der Waals surface area contributed by atoms with Gasteiger partial charge in [-0.15, -0.1) is 11.3 Å². The van der Waals surface area contributed by atoms with Crippen LogP contribution in [0.5, 0.6) is 0 Å². The Morgan fingerprint density at radius 1 is 1.62 bits per heavy atom. The molecule has 0 saturated carbocycles. The number of thiophene rings is 1. The highest BCUT2D eigenvalue weighted by Gasteiger charge is 2.07. The maximum absolute atomic E-state index is 8.70. The lowest BCUT2D eigenvalue weighted by Crippen LogP contribution is -2.16. The van der Waals surface area contributed by atoms with Gasteiger partial charge in [0.2, 0.25) is 0 Å². The first-order chi connectivity index (χ1) is 7.79. The summed E-state index contributed by atoms with van der Waals surface area (Å²) in [6, 6.07) is 8.05. The number of rotatable bonds is 4. The molecular weight excluding hydrogens is 220 g/mol. The fourth-order valence-corrected chi connectivity index (χ4v) is 2.18. The Hall–Kier alpha value is -1.57. The summed E-state index contributed by atoms with van der Waals surface area (Å²) >= 11 is 1.60. The smallest absolute Gasteiger partial charge is 0.120 e. The number of nitrogens with zero attached hydrogens (tertiary/aromatic N) is 1. The molecule has 2 heterocycles. The van der Waals surface area contributed by atoms with E-state index in [-0.39, 0.29) is 6.04 Å². The topological polar surface area (TPSA) is 49.0 Å². The summed E-state index contributed by atoms with van der Waals surface area (Å²) in [6.45, 7) is 2.81. The summed E-state index contributed by atoms with van der Waals surface area (Å²) in [5.74, 6) is 0.928. The summed E-state index contributed by atoms with van der Waals surface area (Å²) in [6.07, 6.45) is 1.67. The molecule has 0 spiro atoms. The number of hydrogen-bond acceptors (Lipinski definition) is 4. The molecule has 1 N–H and O–H groups in total. The summed E-state index contributed by atoms with van der Waals surface area (Å²) in [7, 11) is 0. The predicted molar refractivity (Wildman–Crippen MR) is 63.0 cm³/mol. The number of nitrogens with one attached hydrogen (secondary N) is 1. The van der Waals surface area contributed by atoms with Crippen LogP contribution in [-0.4, -0.2) is 0 Å². The first-order valence-corrected chi connectivity index (χ1v) is 5.92. The Morgan fingerprint density at radius 3 is 3.12 bits per heavy atom. The molecule has 0 bridgehead atoms. The van der Waals surface area contributed by atoms with E-state index in [2.05, 4.69) is 18.3 Å². The van der Waals surface area contributed by atoms with Crippen molar-refractivity contribution >= 4 is 11.3 Å². The van der Waals surface area contributed by atoms with Crippen LogP contribution in [0.4, 0.5) is 0 Å². The van der Waals surface area contributed by atoms with Crippen molar-refractivity contribution < 1.29 is 4.42 Å². The standard InChI is InChI=1S/C12H12N2OS/c1-9(12-3-2-4-15-12)14-7-11-5-10(6-13)8-16-11/h2-5,8-9,14H,7H2,1H3/t9-/m0/s1. The molecule has 2 aromatic rings. The lowest BCUT2D eigenvalue weighted by Gasteiger charge is -2.09. The average Bonchev–Trinajstić information content (AvgIpc) is 2.96. The van der Waals surface area contributed by atoms with Gasteiger partial charge in [0.25, 0.3) is 0 Å². The summed E-state index contributed by atoms with van der Waals surface area (Å²) < 4.78 is 5.30. The lowest BCUT2D eigenvalue weighted by atomic mass is 10.2. The molecule has 82 valence electrons. The van der Waals surface area contributed by atoms with E-state index in [0.717, 1.165) is 22.7 Å². The van der Waals surface area contributed by atoms with Crippen LogP contribution in [0.1, 0.15) is 29.2 Å². The normalized spacial score (nSPS) is 12.2. The summed E-state index contributed by atoms with van der Waals surface area (Å²) in [5, 5.41) is 13.9. The molecule has 3 nitrogen and oxygen atoms in total. The van der Waals surface area contributed by atoms with Gasteiger partial charge in [-0.25, -0.2) is 0 Å². The molecule has 2 rings (SSSR count). The zero-order chi connectivity index (χ0) is 11.4. The van der Waals surface area contributed by atoms with E-state index in [1.54, 1.807) is 17.6 Å². The highest BCUT2D eigenvalue weighted by atomic mass is 32.1. The first-order valence-electron chi connectivity index (χ1n) is 5.04. The van der Waals surface area contributed by atoms with Crippen LogP contribution in [-0.2, 0) is 6.54 Å². The highest BCUT2D eigenvalue weighted by molar-refractivity contribution is 7.10. The van der Waals surface area contributed by atoms with Crippen LogP contribution in [0.3, 0.4) is 0 Å². The van der Waals surface area contributed by atoms with E-state index < -0.39 is 0 Å². The summed E-state index contributed by atoms with van der Waals surface area (Å²) in [5.41, 5.74) is 0.729. The van der Waals surface area contributed by atoms with E-state index in [1.807, 2.05) is 23.6 Å². The Balaban J connectivity index is 1.90. The third-order valence-electron chi connectivity index (χ3n) is 2.34. The quantitative estimate of drug-likeness (QED) is 0.881. The molecule has 4 heteroatoms. The van der Waals surface area contributed by atoms with Gasteiger partial charge in [-0.05, 0) is 25.1 Å². The van der Waals surface area contributed by atoms with Crippen molar-refractivity contribution in [2.45, 2.75) is 19.5 Å². The van der Waals surface area contributed by atoms with Crippen LogP contribution in [0.15, 0.2) is 34.3 Å². The minimum absolute atomic E-state index is 0.183. The molecule has 16 heavy (non-hydrogen) atoms. The third-order valence-corrected chi connectivity index (χ3v) is 3.27. The Kier molecular flexibility index (Phi) is 3.40. The van der Waals surface area contributed by atoms with E-state index in [4.69, 9.17) is 9.68 Å². The minimum atomic E-state index is 0.183. The van der Waals surface area contributed by atoms with E-state index in [9.17, 15) is 0 Å². The third kappa shape index (κ3) is 2.51. The first kappa shape index (κ1) is 10.9. The molecule has 0 amide bonds. The van der Waals surface area contributed by atoms with E-state index in [0.29, 0.717) is 0 Å². The van der Waals surface area contributed by atoms with Crippen molar-refractivity contribution in [2.75, 3.05) is 0 Å². The molecule has 0 fully saturated rings. The SMILES string of the molecule is C[C@H](NCc1cc(C#N)cs1)c1ccco1. The predicted octanol–water partition coefficient (Wildman–Crippen LogP) is 3.06. The molecule has 0 aromatic carbocycles. The van der Waals surface area contributed by atoms with Gasteiger partial charge in [0, 0.05) is 16.8 Å². The van der Waals surface area contributed by atoms with Gasteiger partial charge in [-0.2, -0.15) is 5.26 Å². The van der Waals surface area contributed by atoms with Crippen LogP contribution in [0.25, 0.3) is 0 Å². The van der Waals surface area contributed by atoms with Gasteiger partial charge in [0.15, 0.2) is 0 Å². The molecule has 0 aliphatic rings. The number of nitriles is 1. The van der Waals surface area contributed by atoms with Crippen molar-refractivity contribution in [1.29, 1.82) is 5.26 Å². The van der Waals surface area contributed by atoms with Gasteiger partial charge < -0.3 is 9.73 Å². The minimum Gasteiger partial charge on any atom is -0.468 e. The van der Waals surface area contributed by atoms with Gasteiger partial charge >= 0.3 is 0 Å². The molecule has 0 aliphatic carbocycles. The van der Waals surface area contributed by atoms with E-state index in [1.165, 1.54) is 0 Å². The number of furan rings is 1. The molecule has 0 radical (unpaired) electrons. The van der Waals surface area contributed by atoms with Gasteiger partial charge in [0.05, 0.1) is 17.9 Å².